The number of hydrogen-bond acceptors (Lipinski definition) is 4. The third kappa shape index (κ3) is 3.00. The molecule has 4 rings (SSSR count). The number of likely N-dealkylation sites (tertiary alicyclic amines) is 1. The van der Waals surface area contributed by atoms with Crippen LogP contribution < -0.4 is 10.9 Å². The number of piperidine rings is 1. The molecule has 1 amide bonds. The highest BCUT2D eigenvalue weighted by Crippen LogP contribution is 2.18. The average Bonchev–Trinajstić information content (AvgIpc) is 3.10. The fraction of sp³-hybridized carbons (Fsp3) is 0.368. The van der Waals surface area contributed by atoms with Gasteiger partial charge in [0.25, 0.3) is 11.5 Å². The van der Waals surface area contributed by atoms with Crippen LogP contribution in [0.5, 0.6) is 0 Å². The number of benzene rings is 1. The molecule has 0 bridgehead atoms. The van der Waals surface area contributed by atoms with Crippen molar-refractivity contribution < 1.29 is 9.90 Å². The molecule has 7 heteroatoms. The zero-order valence-corrected chi connectivity index (χ0v) is 14.4. The number of carbonyl (C=O) groups excluding carboxylic acids is 1. The first-order valence-corrected chi connectivity index (χ1v) is 8.94. The fourth-order valence-electron chi connectivity index (χ4n) is 3.67. The smallest absolute Gasteiger partial charge is 0.258 e. The second-order valence-electron chi connectivity index (χ2n) is 6.70. The highest BCUT2D eigenvalue weighted by molar-refractivity contribution is 5.96. The van der Waals surface area contributed by atoms with E-state index in [1.807, 2.05) is 27.5 Å². The van der Waals surface area contributed by atoms with E-state index in [-0.39, 0.29) is 18.1 Å². The van der Waals surface area contributed by atoms with Gasteiger partial charge in [-0.1, -0.05) is 12.1 Å². The second kappa shape index (κ2) is 6.93. The number of fused-ring (bicyclic) bond motifs is 3. The lowest BCUT2D eigenvalue weighted by Crippen LogP contribution is -2.45. The molecule has 0 unspecified atom stereocenters. The van der Waals surface area contributed by atoms with Crippen LogP contribution in [0.4, 0.5) is 0 Å². The normalized spacial score (nSPS) is 15.8. The third-order valence-corrected chi connectivity index (χ3v) is 5.04. The van der Waals surface area contributed by atoms with Crippen LogP contribution in [0.3, 0.4) is 0 Å². The number of para-hydroxylation sites is 1. The summed E-state index contributed by atoms with van der Waals surface area (Å²) in [6.45, 7) is 2.09. The Hall–Kier alpha value is -2.64. The van der Waals surface area contributed by atoms with Crippen LogP contribution in [-0.2, 0) is 0 Å². The van der Waals surface area contributed by atoms with E-state index >= 15 is 0 Å². The molecule has 1 aliphatic rings. The van der Waals surface area contributed by atoms with Gasteiger partial charge in [-0.2, -0.15) is 0 Å². The fourth-order valence-corrected chi connectivity index (χ4v) is 3.67. The number of aromatic amines is 1. The van der Waals surface area contributed by atoms with Gasteiger partial charge in [-0.15, -0.1) is 0 Å². The number of amides is 1. The summed E-state index contributed by atoms with van der Waals surface area (Å²) in [5.41, 5.74) is 1.84. The molecular formula is C19H22N4O3. The van der Waals surface area contributed by atoms with E-state index < -0.39 is 0 Å². The minimum atomic E-state index is -0.152. The second-order valence-corrected chi connectivity index (χ2v) is 6.70. The van der Waals surface area contributed by atoms with Crippen LogP contribution in [0.25, 0.3) is 16.6 Å². The Morgan fingerprint density at radius 2 is 2.04 bits per heavy atom. The summed E-state index contributed by atoms with van der Waals surface area (Å²) in [4.78, 5) is 29.8. The summed E-state index contributed by atoms with van der Waals surface area (Å²) in [6, 6.07) is 9.45. The van der Waals surface area contributed by atoms with Crippen molar-refractivity contribution in [3.05, 3.63) is 52.4 Å². The number of aromatic nitrogens is 2. The predicted octanol–water partition coefficient (Wildman–Crippen LogP) is 0.967. The Labute approximate surface area is 150 Å². The van der Waals surface area contributed by atoms with Crippen LogP contribution in [0.15, 0.2) is 41.3 Å². The topological polar surface area (TPSA) is 89.8 Å². The molecule has 1 aromatic carbocycles. The molecule has 3 N–H and O–H groups in total. The van der Waals surface area contributed by atoms with Crippen molar-refractivity contribution in [3.63, 3.8) is 0 Å². The van der Waals surface area contributed by atoms with Gasteiger partial charge in [-0.25, -0.2) is 0 Å². The van der Waals surface area contributed by atoms with Gasteiger partial charge < -0.3 is 24.7 Å². The Bertz CT molecular complexity index is 999. The number of aliphatic hydroxyl groups excluding tert-OH is 1. The van der Waals surface area contributed by atoms with Gasteiger partial charge in [0, 0.05) is 31.9 Å². The van der Waals surface area contributed by atoms with Gasteiger partial charge in [-0.3, -0.25) is 9.59 Å². The molecule has 0 radical (unpaired) electrons. The summed E-state index contributed by atoms with van der Waals surface area (Å²) < 4.78 is 1.86. The van der Waals surface area contributed by atoms with Crippen molar-refractivity contribution in [2.75, 3.05) is 26.2 Å². The minimum Gasteiger partial charge on any atom is -0.395 e. The first-order chi connectivity index (χ1) is 12.7. The van der Waals surface area contributed by atoms with Crippen LogP contribution in [-0.4, -0.2) is 57.6 Å². The molecule has 0 atom stereocenters. The summed E-state index contributed by atoms with van der Waals surface area (Å²) in [5, 5.41) is 12.8. The molecule has 136 valence electrons. The first-order valence-electron chi connectivity index (χ1n) is 8.94. The minimum absolute atomic E-state index is 0.0146. The summed E-state index contributed by atoms with van der Waals surface area (Å²) in [5.74, 6) is -0.0146. The van der Waals surface area contributed by atoms with Gasteiger partial charge in [0.1, 0.15) is 5.65 Å². The van der Waals surface area contributed by atoms with Crippen LogP contribution in [0, 0.1) is 0 Å². The summed E-state index contributed by atoms with van der Waals surface area (Å²) >= 11 is 0. The standard InChI is InChI=1S/C19H22N4O3/c24-10-7-20-14-5-8-22(9-6-14)19(26)13-11-17-21-18(25)15-3-1-2-4-16(15)23(17)12-13/h1-4,11-12,14,20,24H,5-10H2,(H,21,25). The number of rotatable bonds is 4. The largest absolute Gasteiger partial charge is 0.395 e. The number of nitrogens with one attached hydrogen (secondary N) is 2. The molecular weight excluding hydrogens is 332 g/mol. The average molecular weight is 354 g/mol. The van der Waals surface area contributed by atoms with Crippen molar-refractivity contribution in [2.45, 2.75) is 18.9 Å². The van der Waals surface area contributed by atoms with Gasteiger partial charge in [-0.05, 0) is 31.0 Å². The van der Waals surface area contributed by atoms with Crippen LogP contribution in [0.2, 0.25) is 0 Å². The Morgan fingerprint density at radius 3 is 2.81 bits per heavy atom. The lowest BCUT2D eigenvalue weighted by molar-refractivity contribution is 0.0703. The quantitative estimate of drug-likeness (QED) is 0.651. The van der Waals surface area contributed by atoms with E-state index in [1.54, 1.807) is 18.3 Å². The zero-order chi connectivity index (χ0) is 18.1. The van der Waals surface area contributed by atoms with Crippen molar-refractivity contribution >= 4 is 22.5 Å². The Balaban J connectivity index is 1.58. The first kappa shape index (κ1) is 16.8. The molecule has 7 nitrogen and oxygen atoms in total. The molecule has 0 saturated carbocycles. The predicted molar refractivity (Wildman–Crippen MR) is 99.5 cm³/mol. The van der Waals surface area contributed by atoms with Crippen molar-refractivity contribution in [2.24, 2.45) is 0 Å². The molecule has 1 saturated heterocycles. The number of hydrogen-bond donors (Lipinski definition) is 3. The van der Waals surface area contributed by atoms with E-state index in [0.29, 0.717) is 42.3 Å². The molecule has 3 heterocycles. The molecule has 1 fully saturated rings. The van der Waals surface area contributed by atoms with E-state index in [0.717, 1.165) is 18.4 Å². The molecule has 0 spiro atoms. The lowest BCUT2D eigenvalue weighted by Gasteiger charge is -2.32. The van der Waals surface area contributed by atoms with Gasteiger partial charge in [0.05, 0.1) is 23.1 Å². The Morgan fingerprint density at radius 1 is 1.27 bits per heavy atom. The van der Waals surface area contributed by atoms with Crippen molar-refractivity contribution in [1.82, 2.24) is 19.6 Å². The lowest BCUT2D eigenvalue weighted by atomic mass is 10.0. The van der Waals surface area contributed by atoms with Crippen LogP contribution >= 0.6 is 0 Å². The number of carbonyl (C=O) groups is 1. The van der Waals surface area contributed by atoms with E-state index in [4.69, 9.17) is 5.11 Å². The van der Waals surface area contributed by atoms with Gasteiger partial charge in [0.2, 0.25) is 0 Å². The zero-order valence-electron chi connectivity index (χ0n) is 14.4. The third-order valence-electron chi connectivity index (χ3n) is 5.04. The van der Waals surface area contributed by atoms with Gasteiger partial charge >= 0.3 is 0 Å². The van der Waals surface area contributed by atoms with E-state index in [2.05, 4.69) is 10.3 Å². The Kier molecular flexibility index (Phi) is 4.48. The maximum absolute atomic E-state index is 12.9. The molecule has 26 heavy (non-hydrogen) atoms. The van der Waals surface area contributed by atoms with E-state index in [9.17, 15) is 9.59 Å². The SMILES string of the molecule is O=C(c1cc2[nH]c(=O)c3ccccc3n2c1)N1CCC(NCCO)CC1. The molecule has 1 aliphatic heterocycles. The molecule has 2 aromatic heterocycles. The van der Waals surface area contributed by atoms with Crippen molar-refractivity contribution in [3.8, 4) is 0 Å². The highest BCUT2D eigenvalue weighted by Gasteiger charge is 2.24. The number of nitrogens with zero attached hydrogens (tertiary/aromatic N) is 2. The number of H-pyrrole nitrogens is 1. The molecule has 3 aromatic rings. The summed E-state index contributed by atoms with van der Waals surface area (Å²) in [7, 11) is 0. The summed E-state index contributed by atoms with van der Waals surface area (Å²) in [6.07, 6.45) is 3.55. The maximum Gasteiger partial charge on any atom is 0.258 e. The van der Waals surface area contributed by atoms with Crippen LogP contribution in [0.1, 0.15) is 23.2 Å². The van der Waals surface area contributed by atoms with Gasteiger partial charge in [0.15, 0.2) is 0 Å². The highest BCUT2D eigenvalue weighted by atomic mass is 16.3. The van der Waals surface area contributed by atoms with Crippen molar-refractivity contribution in [1.29, 1.82) is 0 Å². The van der Waals surface area contributed by atoms with E-state index in [1.165, 1.54) is 0 Å². The maximum atomic E-state index is 12.9. The number of aliphatic hydroxyl groups is 1. The molecule has 0 aliphatic carbocycles. The monoisotopic (exact) mass is 354 g/mol.